The quantitative estimate of drug-likeness (QED) is 0.649. The van der Waals surface area contributed by atoms with Crippen LogP contribution in [0, 0.1) is 5.41 Å². The Labute approximate surface area is 123 Å². The van der Waals surface area contributed by atoms with Gasteiger partial charge in [0.25, 0.3) is 0 Å². The summed E-state index contributed by atoms with van der Waals surface area (Å²) in [6, 6.07) is 1.97. The molecule has 0 aromatic carbocycles. The fraction of sp³-hybridized carbons (Fsp3) is 0.643. The Balaban J connectivity index is 1.97. The zero-order valence-electron chi connectivity index (χ0n) is 10.6. The van der Waals surface area contributed by atoms with E-state index in [4.69, 9.17) is 4.74 Å². The number of thiol groups is 1. The molecule has 1 aromatic rings. The Hall–Kier alpha value is -0.220. The van der Waals surface area contributed by atoms with Crippen LogP contribution in [0.25, 0.3) is 0 Å². The summed E-state index contributed by atoms with van der Waals surface area (Å²) in [7, 11) is 0. The lowest BCUT2D eigenvalue weighted by molar-refractivity contribution is 0.148. The molecule has 0 unspecified atom stereocenters. The summed E-state index contributed by atoms with van der Waals surface area (Å²) in [4.78, 5) is 4.12. The van der Waals surface area contributed by atoms with Crippen molar-refractivity contribution < 1.29 is 4.74 Å². The van der Waals surface area contributed by atoms with Crippen molar-refractivity contribution in [1.82, 2.24) is 4.98 Å². The van der Waals surface area contributed by atoms with Gasteiger partial charge in [-0.1, -0.05) is 25.7 Å². The highest BCUT2D eigenvalue weighted by molar-refractivity contribution is 9.10. The van der Waals surface area contributed by atoms with Crippen LogP contribution in [0.15, 0.2) is 22.9 Å². The highest BCUT2D eigenvalue weighted by Gasteiger charge is 2.30. The number of ether oxygens (including phenoxy) is 1. The predicted molar refractivity (Wildman–Crippen MR) is 81.4 cm³/mol. The summed E-state index contributed by atoms with van der Waals surface area (Å²) >= 11 is 7.97. The molecule has 0 radical (unpaired) electrons. The van der Waals surface area contributed by atoms with Crippen LogP contribution in [0.4, 0.5) is 0 Å². The molecule has 0 saturated heterocycles. The first kappa shape index (κ1) is 14.2. The minimum atomic E-state index is 0.252. The summed E-state index contributed by atoms with van der Waals surface area (Å²) in [6.45, 7) is 0.759. The molecule has 0 amide bonds. The molecule has 0 bridgehead atoms. The standard InChI is InChI=1S/C14H20BrNOS/c15-12-7-13(9-16-8-12)17-10-14(11-18)5-3-1-2-4-6-14/h7-9,18H,1-6,10-11H2. The van der Waals surface area contributed by atoms with Gasteiger partial charge in [-0.15, -0.1) is 0 Å². The number of aromatic nitrogens is 1. The minimum absolute atomic E-state index is 0.252. The summed E-state index contributed by atoms with van der Waals surface area (Å²) < 4.78 is 6.89. The van der Waals surface area contributed by atoms with Crippen LogP contribution < -0.4 is 4.74 Å². The number of pyridine rings is 1. The first-order chi connectivity index (χ1) is 8.74. The Morgan fingerprint density at radius 3 is 2.56 bits per heavy atom. The lowest BCUT2D eigenvalue weighted by Gasteiger charge is -2.30. The largest absolute Gasteiger partial charge is 0.491 e. The van der Waals surface area contributed by atoms with Gasteiger partial charge in [-0.05, 0) is 40.6 Å². The van der Waals surface area contributed by atoms with E-state index in [-0.39, 0.29) is 5.41 Å². The number of hydrogen-bond donors (Lipinski definition) is 1. The Bertz CT molecular complexity index is 378. The minimum Gasteiger partial charge on any atom is -0.491 e. The molecule has 1 fully saturated rings. The Morgan fingerprint density at radius 2 is 1.94 bits per heavy atom. The number of hydrogen-bond acceptors (Lipinski definition) is 3. The molecule has 0 spiro atoms. The second-order valence-electron chi connectivity index (χ2n) is 5.20. The second-order valence-corrected chi connectivity index (χ2v) is 6.43. The van der Waals surface area contributed by atoms with Crippen molar-refractivity contribution in [2.75, 3.05) is 12.4 Å². The first-order valence-electron chi connectivity index (χ1n) is 6.58. The second kappa shape index (κ2) is 6.80. The van der Waals surface area contributed by atoms with E-state index in [9.17, 15) is 0 Å². The molecule has 18 heavy (non-hydrogen) atoms. The van der Waals surface area contributed by atoms with Crippen LogP contribution in [-0.2, 0) is 0 Å². The Morgan fingerprint density at radius 1 is 1.22 bits per heavy atom. The molecule has 0 N–H and O–H groups in total. The lowest BCUT2D eigenvalue weighted by Crippen LogP contribution is -2.30. The molecule has 0 aliphatic heterocycles. The van der Waals surface area contributed by atoms with Crippen molar-refractivity contribution in [1.29, 1.82) is 0 Å². The molecular formula is C14H20BrNOS. The molecule has 2 nitrogen and oxygen atoms in total. The molecule has 1 aromatic heterocycles. The van der Waals surface area contributed by atoms with E-state index in [1.165, 1.54) is 38.5 Å². The van der Waals surface area contributed by atoms with E-state index >= 15 is 0 Å². The smallest absolute Gasteiger partial charge is 0.138 e. The first-order valence-corrected chi connectivity index (χ1v) is 8.01. The summed E-state index contributed by atoms with van der Waals surface area (Å²) in [5.41, 5.74) is 0.252. The fourth-order valence-corrected chi connectivity index (χ4v) is 3.29. The highest BCUT2D eigenvalue weighted by atomic mass is 79.9. The molecule has 1 aliphatic rings. The molecule has 4 heteroatoms. The normalized spacial score (nSPS) is 19.2. The highest BCUT2D eigenvalue weighted by Crippen LogP contribution is 2.36. The van der Waals surface area contributed by atoms with E-state index in [1.54, 1.807) is 12.4 Å². The van der Waals surface area contributed by atoms with Crippen molar-refractivity contribution in [2.24, 2.45) is 5.41 Å². The van der Waals surface area contributed by atoms with Gasteiger partial charge >= 0.3 is 0 Å². The van der Waals surface area contributed by atoms with Gasteiger partial charge in [-0.25, -0.2) is 0 Å². The van der Waals surface area contributed by atoms with Gasteiger partial charge in [0.05, 0.1) is 12.8 Å². The van der Waals surface area contributed by atoms with E-state index < -0.39 is 0 Å². The third kappa shape index (κ3) is 3.89. The maximum atomic E-state index is 5.93. The van der Waals surface area contributed by atoms with Crippen molar-refractivity contribution in [2.45, 2.75) is 38.5 Å². The molecule has 1 saturated carbocycles. The van der Waals surface area contributed by atoms with Gasteiger partial charge in [0.15, 0.2) is 0 Å². The topological polar surface area (TPSA) is 22.1 Å². The van der Waals surface area contributed by atoms with Gasteiger partial charge in [0.2, 0.25) is 0 Å². The predicted octanol–water partition coefficient (Wildman–Crippen LogP) is 4.49. The van der Waals surface area contributed by atoms with E-state index in [1.807, 2.05) is 6.07 Å². The summed E-state index contributed by atoms with van der Waals surface area (Å²) in [6.07, 6.45) is 11.3. The lowest BCUT2D eigenvalue weighted by atomic mass is 9.83. The Kier molecular flexibility index (Phi) is 5.37. The van der Waals surface area contributed by atoms with Crippen LogP contribution in [0.3, 0.4) is 0 Å². The van der Waals surface area contributed by atoms with Gasteiger partial charge in [0, 0.05) is 16.1 Å². The van der Waals surface area contributed by atoms with E-state index in [0.717, 1.165) is 22.6 Å². The van der Waals surface area contributed by atoms with Crippen LogP contribution in [0.1, 0.15) is 38.5 Å². The average Bonchev–Trinajstić information content (AvgIpc) is 2.63. The number of rotatable bonds is 4. The number of halogens is 1. The average molecular weight is 330 g/mol. The van der Waals surface area contributed by atoms with Gasteiger partial charge in [-0.3, -0.25) is 4.98 Å². The molecule has 1 heterocycles. The van der Waals surface area contributed by atoms with Crippen molar-refractivity contribution >= 4 is 28.6 Å². The van der Waals surface area contributed by atoms with Crippen molar-refractivity contribution in [3.63, 3.8) is 0 Å². The maximum absolute atomic E-state index is 5.93. The van der Waals surface area contributed by atoms with E-state index in [0.29, 0.717) is 0 Å². The van der Waals surface area contributed by atoms with Crippen LogP contribution in [0.2, 0.25) is 0 Å². The zero-order chi connectivity index (χ0) is 12.8. The van der Waals surface area contributed by atoms with Crippen LogP contribution >= 0.6 is 28.6 Å². The SMILES string of the molecule is SCC1(COc2cncc(Br)c2)CCCCCC1. The molecular weight excluding hydrogens is 310 g/mol. The van der Waals surface area contributed by atoms with Crippen LogP contribution in [0.5, 0.6) is 5.75 Å². The third-order valence-electron chi connectivity index (χ3n) is 3.72. The van der Waals surface area contributed by atoms with E-state index in [2.05, 4.69) is 33.5 Å². The molecule has 2 rings (SSSR count). The van der Waals surface area contributed by atoms with Crippen molar-refractivity contribution in [3.05, 3.63) is 22.9 Å². The van der Waals surface area contributed by atoms with Crippen LogP contribution in [-0.4, -0.2) is 17.3 Å². The number of nitrogens with zero attached hydrogens (tertiary/aromatic N) is 1. The zero-order valence-corrected chi connectivity index (χ0v) is 13.0. The maximum Gasteiger partial charge on any atom is 0.138 e. The summed E-state index contributed by atoms with van der Waals surface area (Å²) in [5, 5.41) is 0. The summed E-state index contributed by atoms with van der Waals surface area (Å²) in [5.74, 6) is 1.75. The van der Waals surface area contributed by atoms with Gasteiger partial charge in [-0.2, -0.15) is 12.6 Å². The van der Waals surface area contributed by atoms with Gasteiger partial charge in [0.1, 0.15) is 5.75 Å². The van der Waals surface area contributed by atoms with Crippen molar-refractivity contribution in [3.8, 4) is 5.75 Å². The fourth-order valence-electron chi connectivity index (χ4n) is 2.53. The molecule has 100 valence electrons. The monoisotopic (exact) mass is 329 g/mol. The van der Waals surface area contributed by atoms with Gasteiger partial charge < -0.3 is 4.74 Å². The third-order valence-corrected chi connectivity index (χ3v) is 4.83. The molecule has 1 aliphatic carbocycles. The molecule has 0 atom stereocenters.